The van der Waals surface area contributed by atoms with Crippen molar-refractivity contribution in [3.8, 4) is 39.8 Å². The Labute approximate surface area is 158 Å². The van der Waals surface area contributed by atoms with E-state index in [0.717, 1.165) is 0 Å². The molecule has 0 fully saturated rings. The van der Waals surface area contributed by atoms with Crippen molar-refractivity contribution in [2.24, 2.45) is 0 Å². The van der Waals surface area contributed by atoms with Crippen molar-refractivity contribution in [3.05, 3.63) is 63.4 Å². The molecule has 2 aromatic carbocycles. The van der Waals surface area contributed by atoms with E-state index >= 15 is 0 Å². The molecule has 3 N–H and O–H groups in total. The summed E-state index contributed by atoms with van der Waals surface area (Å²) in [5, 5.41) is 11.1. The quantitative estimate of drug-likeness (QED) is 0.469. The highest BCUT2D eigenvalue weighted by molar-refractivity contribution is 5.92. The molecule has 0 unspecified atom stereocenters. The molecule has 2 aromatic heterocycles. The van der Waals surface area contributed by atoms with Crippen LogP contribution >= 0.6 is 0 Å². The number of fused-ring (bicyclic) bond motifs is 1. The third-order valence-corrected chi connectivity index (χ3v) is 4.44. The Morgan fingerprint density at radius 1 is 0.929 bits per heavy atom. The third-order valence-electron chi connectivity index (χ3n) is 4.44. The van der Waals surface area contributed by atoms with Gasteiger partial charge in [-0.2, -0.15) is 0 Å². The van der Waals surface area contributed by atoms with Gasteiger partial charge in [0, 0.05) is 5.56 Å². The first-order chi connectivity index (χ1) is 13.5. The lowest BCUT2D eigenvalue weighted by atomic mass is 10.0. The monoisotopic (exact) mass is 380 g/mol. The van der Waals surface area contributed by atoms with Crippen molar-refractivity contribution in [1.82, 2.24) is 9.97 Å². The van der Waals surface area contributed by atoms with Crippen molar-refractivity contribution < 1.29 is 19.0 Å². The Morgan fingerprint density at radius 2 is 1.64 bits per heavy atom. The summed E-state index contributed by atoms with van der Waals surface area (Å²) in [6.45, 7) is 0. The van der Waals surface area contributed by atoms with Crippen LogP contribution in [0, 0.1) is 0 Å². The van der Waals surface area contributed by atoms with E-state index in [2.05, 4.69) is 9.97 Å². The molecule has 0 radical (unpaired) electrons. The standard InChI is InChI=1S/C20H16N2O6/c1-26-13-8-7-10(9-14(13)27-2)16-17(22-20(25)21-16)15-18(23)11-5-3-4-6-12(11)28-19(15)24/h3-9,23H,1-2H3,(H2,21,22,25). The van der Waals surface area contributed by atoms with Crippen LogP contribution in [0.1, 0.15) is 0 Å². The van der Waals surface area contributed by atoms with Crippen molar-refractivity contribution in [1.29, 1.82) is 0 Å². The van der Waals surface area contributed by atoms with Gasteiger partial charge in [-0.15, -0.1) is 0 Å². The number of nitrogens with one attached hydrogen (secondary N) is 2. The molecule has 0 aliphatic carbocycles. The fraction of sp³-hybridized carbons (Fsp3) is 0.100. The molecular formula is C20H16N2O6. The third kappa shape index (κ3) is 2.71. The van der Waals surface area contributed by atoms with Crippen LogP contribution in [0.2, 0.25) is 0 Å². The van der Waals surface area contributed by atoms with Crippen LogP contribution in [0.5, 0.6) is 17.2 Å². The minimum atomic E-state index is -0.770. The molecule has 0 spiro atoms. The Morgan fingerprint density at radius 3 is 2.39 bits per heavy atom. The van der Waals surface area contributed by atoms with Gasteiger partial charge in [0.05, 0.1) is 31.0 Å². The zero-order valence-electron chi connectivity index (χ0n) is 15.0. The number of benzene rings is 2. The minimum absolute atomic E-state index is 0.120. The second-order valence-corrected chi connectivity index (χ2v) is 6.01. The first kappa shape index (κ1) is 17.5. The van der Waals surface area contributed by atoms with Crippen LogP contribution < -0.4 is 20.8 Å². The molecule has 0 saturated heterocycles. The van der Waals surface area contributed by atoms with Crippen LogP contribution in [0.15, 0.2) is 56.5 Å². The summed E-state index contributed by atoms with van der Waals surface area (Å²) in [5.41, 5.74) is -0.211. The second-order valence-electron chi connectivity index (χ2n) is 6.01. The van der Waals surface area contributed by atoms with Gasteiger partial charge in [0.25, 0.3) is 0 Å². The Kier molecular flexibility index (Phi) is 4.15. The molecule has 8 nitrogen and oxygen atoms in total. The maximum atomic E-state index is 12.6. The number of rotatable bonds is 4. The summed E-state index contributed by atoms with van der Waals surface area (Å²) in [4.78, 5) is 29.8. The van der Waals surface area contributed by atoms with E-state index in [-0.39, 0.29) is 22.6 Å². The fourth-order valence-electron chi connectivity index (χ4n) is 3.13. The summed E-state index contributed by atoms with van der Waals surface area (Å²) < 4.78 is 15.8. The second kappa shape index (κ2) is 6.66. The molecule has 4 rings (SSSR count). The van der Waals surface area contributed by atoms with Gasteiger partial charge in [0.2, 0.25) is 0 Å². The molecule has 4 aromatic rings. The molecule has 0 aliphatic heterocycles. The summed E-state index contributed by atoms with van der Waals surface area (Å²) in [6.07, 6.45) is 0. The SMILES string of the molecule is COc1ccc(-c2[nH]c(=O)[nH]c2-c2c(O)c3ccccc3oc2=O)cc1OC. The maximum Gasteiger partial charge on any atom is 0.349 e. The number of ether oxygens (including phenoxy) is 2. The lowest BCUT2D eigenvalue weighted by molar-refractivity contribution is 0.355. The van der Waals surface area contributed by atoms with Crippen molar-refractivity contribution in [2.45, 2.75) is 0 Å². The highest BCUT2D eigenvalue weighted by Gasteiger charge is 2.22. The Balaban J connectivity index is 1.99. The molecule has 0 bridgehead atoms. The number of aromatic nitrogens is 2. The van der Waals surface area contributed by atoms with Gasteiger partial charge in [-0.25, -0.2) is 9.59 Å². The van der Waals surface area contributed by atoms with E-state index in [4.69, 9.17) is 13.9 Å². The Bertz CT molecular complexity index is 1300. The zero-order valence-corrected chi connectivity index (χ0v) is 15.0. The molecule has 142 valence electrons. The van der Waals surface area contributed by atoms with Gasteiger partial charge >= 0.3 is 11.3 Å². The topological polar surface area (TPSA) is 118 Å². The predicted octanol–water partition coefficient (Wildman–Crippen LogP) is 2.87. The largest absolute Gasteiger partial charge is 0.506 e. The molecule has 0 aliphatic rings. The number of hydrogen-bond acceptors (Lipinski definition) is 6. The fourth-order valence-corrected chi connectivity index (χ4v) is 3.13. The molecule has 2 heterocycles. The average molecular weight is 380 g/mol. The highest BCUT2D eigenvalue weighted by Crippen LogP contribution is 2.38. The van der Waals surface area contributed by atoms with Gasteiger partial charge in [0.15, 0.2) is 11.5 Å². The average Bonchev–Trinajstić information content (AvgIpc) is 3.08. The van der Waals surface area contributed by atoms with Gasteiger partial charge in [-0.3, -0.25) is 0 Å². The number of aromatic amines is 2. The lowest BCUT2D eigenvalue weighted by Crippen LogP contribution is -2.06. The van der Waals surface area contributed by atoms with Crippen LogP contribution in [0.3, 0.4) is 0 Å². The van der Waals surface area contributed by atoms with Crippen LogP contribution in [0.4, 0.5) is 0 Å². The summed E-state index contributed by atoms with van der Waals surface area (Å²) in [5.74, 6) is 0.686. The molecule has 0 saturated carbocycles. The molecule has 8 heteroatoms. The molecule has 0 atom stereocenters. The zero-order chi connectivity index (χ0) is 19.8. The first-order valence-corrected chi connectivity index (χ1v) is 8.33. The van der Waals surface area contributed by atoms with Crippen molar-refractivity contribution in [3.63, 3.8) is 0 Å². The highest BCUT2D eigenvalue weighted by atomic mass is 16.5. The number of hydrogen-bond donors (Lipinski definition) is 3. The summed E-state index contributed by atoms with van der Waals surface area (Å²) in [7, 11) is 3.01. The smallest absolute Gasteiger partial charge is 0.349 e. The maximum absolute atomic E-state index is 12.6. The summed E-state index contributed by atoms with van der Waals surface area (Å²) >= 11 is 0. The van der Waals surface area contributed by atoms with E-state index in [1.807, 2.05) is 0 Å². The van der Waals surface area contributed by atoms with Crippen LogP contribution in [-0.2, 0) is 0 Å². The van der Waals surface area contributed by atoms with Gasteiger partial charge in [-0.05, 0) is 30.3 Å². The van der Waals surface area contributed by atoms with Gasteiger partial charge in [0.1, 0.15) is 16.9 Å². The molecular weight excluding hydrogens is 364 g/mol. The van der Waals surface area contributed by atoms with Crippen LogP contribution in [0.25, 0.3) is 33.5 Å². The van der Waals surface area contributed by atoms with E-state index < -0.39 is 11.3 Å². The number of aromatic hydroxyl groups is 1. The number of para-hydroxylation sites is 1. The lowest BCUT2D eigenvalue weighted by Gasteiger charge is -2.10. The molecule has 0 amide bonds. The van der Waals surface area contributed by atoms with Crippen molar-refractivity contribution >= 4 is 11.0 Å². The first-order valence-electron chi connectivity index (χ1n) is 8.33. The van der Waals surface area contributed by atoms with Gasteiger partial charge < -0.3 is 29.0 Å². The van der Waals surface area contributed by atoms with E-state index in [9.17, 15) is 14.7 Å². The summed E-state index contributed by atoms with van der Waals surface area (Å²) in [6, 6.07) is 11.6. The minimum Gasteiger partial charge on any atom is -0.506 e. The Hall–Kier alpha value is -3.94. The van der Waals surface area contributed by atoms with E-state index in [1.165, 1.54) is 14.2 Å². The van der Waals surface area contributed by atoms with Crippen molar-refractivity contribution in [2.75, 3.05) is 14.2 Å². The van der Waals surface area contributed by atoms with E-state index in [0.29, 0.717) is 28.1 Å². The molecule has 28 heavy (non-hydrogen) atoms. The predicted molar refractivity (Wildman–Crippen MR) is 103 cm³/mol. The van der Waals surface area contributed by atoms with E-state index in [1.54, 1.807) is 42.5 Å². The van der Waals surface area contributed by atoms with Gasteiger partial charge in [-0.1, -0.05) is 12.1 Å². The normalized spacial score (nSPS) is 10.9. The van der Waals surface area contributed by atoms with Crippen LogP contribution in [-0.4, -0.2) is 29.3 Å². The number of imidazole rings is 1. The number of H-pyrrole nitrogens is 2. The number of methoxy groups -OCH3 is 2.